The van der Waals surface area contributed by atoms with Gasteiger partial charge in [-0.05, 0) is 51.1 Å². The van der Waals surface area contributed by atoms with Gasteiger partial charge in [-0.15, -0.1) is 0 Å². The number of nitrogens with one attached hydrogen (secondary N) is 1. The van der Waals surface area contributed by atoms with Crippen molar-refractivity contribution in [3.63, 3.8) is 0 Å². The third-order valence-corrected chi connectivity index (χ3v) is 5.56. The summed E-state index contributed by atoms with van der Waals surface area (Å²) in [6, 6.07) is 8.24. The lowest BCUT2D eigenvalue weighted by atomic mass is 9.73. The van der Waals surface area contributed by atoms with E-state index in [1.54, 1.807) is 0 Å². The van der Waals surface area contributed by atoms with Crippen LogP contribution in [0.15, 0.2) is 33.8 Å². The van der Waals surface area contributed by atoms with Crippen LogP contribution >= 0.6 is 0 Å². The minimum atomic E-state index is -0.0931. The molecule has 5 heterocycles. The summed E-state index contributed by atoms with van der Waals surface area (Å²) in [5.41, 5.74) is 1.82. The summed E-state index contributed by atoms with van der Waals surface area (Å²) in [6.45, 7) is 5.42. The van der Waals surface area contributed by atoms with Crippen molar-refractivity contribution in [2.75, 3.05) is 25.0 Å². The van der Waals surface area contributed by atoms with E-state index in [4.69, 9.17) is 9.25 Å². The largest absolute Gasteiger partial charge is 0.461 e. The molecule has 5 nitrogen and oxygen atoms in total. The monoisotopic (exact) mass is 311 g/mol. The highest BCUT2D eigenvalue weighted by Gasteiger charge is 2.52. The Morgan fingerprint density at radius 1 is 1.26 bits per heavy atom. The SMILES string of the molecule is Cc1cc2ccc(NC3=NO[C@@]4(C3)CN3CCC4CC3)cc2o1. The molecule has 1 atom stereocenters. The van der Waals surface area contributed by atoms with Crippen molar-refractivity contribution in [3.05, 3.63) is 30.0 Å². The molecule has 120 valence electrons. The second-order valence-corrected chi connectivity index (χ2v) is 7.16. The minimum absolute atomic E-state index is 0.0931. The van der Waals surface area contributed by atoms with Gasteiger partial charge in [0.05, 0.1) is 6.42 Å². The van der Waals surface area contributed by atoms with Crippen LogP contribution in [-0.4, -0.2) is 36.0 Å². The Morgan fingerprint density at radius 3 is 2.91 bits per heavy atom. The first kappa shape index (κ1) is 13.4. The molecule has 23 heavy (non-hydrogen) atoms. The molecular formula is C18H21N3O2. The van der Waals surface area contributed by atoms with Gasteiger partial charge in [0, 0.05) is 29.6 Å². The fourth-order valence-electron chi connectivity index (χ4n) is 4.40. The van der Waals surface area contributed by atoms with Crippen molar-refractivity contribution < 1.29 is 9.25 Å². The quantitative estimate of drug-likeness (QED) is 0.877. The van der Waals surface area contributed by atoms with Gasteiger partial charge >= 0.3 is 0 Å². The molecule has 1 aromatic carbocycles. The van der Waals surface area contributed by atoms with E-state index >= 15 is 0 Å². The summed E-state index contributed by atoms with van der Waals surface area (Å²) < 4.78 is 5.71. The Kier molecular flexibility index (Phi) is 2.77. The Hall–Kier alpha value is -2.01. The molecule has 0 unspecified atom stereocenters. The average Bonchev–Trinajstić information content (AvgIpc) is 3.11. The molecule has 0 aliphatic carbocycles. The second kappa shape index (κ2) is 4.74. The molecule has 4 aliphatic rings. The molecule has 3 fully saturated rings. The number of amidine groups is 1. The average molecular weight is 311 g/mol. The van der Waals surface area contributed by atoms with Crippen molar-refractivity contribution in [2.24, 2.45) is 11.1 Å². The zero-order chi connectivity index (χ0) is 15.4. The van der Waals surface area contributed by atoms with Crippen LogP contribution < -0.4 is 5.32 Å². The van der Waals surface area contributed by atoms with Crippen molar-refractivity contribution in [3.8, 4) is 0 Å². The summed E-state index contributed by atoms with van der Waals surface area (Å²) in [5.74, 6) is 2.51. The van der Waals surface area contributed by atoms with Gasteiger partial charge in [0.1, 0.15) is 11.3 Å². The zero-order valence-electron chi connectivity index (χ0n) is 13.3. The van der Waals surface area contributed by atoms with E-state index < -0.39 is 0 Å². The molecule has 4 aliphatic heterocycles. The lowest BCUT2D eigenvalue weighted by Crippen LogP contribution is -2.59. The smallest absolute Gasteiger partial charge is 0.160 e. The number of hydrogen-bond acceptors (Lipinski definition) is 5. The van der Waals surface area contributed by atoms with E-state index in [1.165, 1.54) is 25.9 Å². The van der Waals surface area contributed by atoms with Gasteiger partial charge in [-0.2, -0.15) is 0 Å². The first-order chi connectivity index (χ1) is 11.2. The summed E-state index contributed by atoms with van der Waals surface area (Å²) in [6.07, 6.45) is 3.35. The van der Waals surface area contributed by atoms with Crippen LogP contribution in [0.3, 0.4) is 0 Å². The maximum absolute atomic E-state index is 5.95. The van der Waals surface area contributed by atoms with Crippen LogP contribution in [0.5, 0.6) is 0 Å². The van der Waals surface area contributed by atoms with Crippen LogP contribution in [0, 0.1) is 12.8 Å². The molecule has 1 aromatic heterocycles. The molecule has 0 amide bonds. The summed E-state index contributed by atoms with van der Waals surface area (Å²) >= 11 is 0. The molecule has 0 saturated carbocycles. The Morgan fingerprint density at radius 2 is 2.13 bits per heavy atom. The van der Waals surface area contributed by atoms with E-state index in [1.807, 2.05) is 13.0 Å². The highest BCUT2D eigenvalue weighted by Crippen LogP contribution is 2.43. The standard InChI is InChI=1S/C18H21N3O2/c1-12-8-13-2-3-15(9-16(13)22-12)19-17-10-18(23-20-17)11-21-6-4-14(18)5-7-21/h2-3,8-9,14H,4-7,10-11H2,1H3,(H,19,20)/t18-/m0/s1. The third-order valence-electron chi connectivity index (χ3n) is 5.56. The van der Waals surface area contributed by atoms with Gasteiger partial charge < -0.3 is 14.6 Å². The number of anilines is 1. The lowest BCUT2D eigenvalue weighted by molar-refractivity contribution is -0.136. The van der Waals surface area contributed by atoms with Crippen molar-refractivity contribution >= 4 is 22.5 Å². The Bertz CT molecular complexity index is 789. The maximum Gasteiger partial charge on any atom is 0.160 e. The van der Waals surface area contributed by atoms with Gasteiger partial charge in [-0.1, -0.05) is 5.16 Å². The predicted octanol–water partition coefficient (Wildman–Crippen LogP) is 3.35. The lowest BCUT2D eigenvalue weighted by Gasteiger charge is -2.49. The molecular weight excluding hydrogens is 290 g/mol. The van der Waals surface area contributed by atoms with Crippen molar-refractivity contribution in [1.29, 1.82) is 0 Å². The van der Waals surface area contributed by atoms with E-state index in [0.29, 0.717) is 5.92 Å². The normalized spacial score (nSPS) is 32.3. The van der Waals surface area contributed by atoms with Crippen LogP contribution in [0.1, 0.15) is 25.0 Å². The minimum Gasteiger partial charge on any atom is -0.461 e. The molecule has 1 spiro atoms. The number of oxime groups is 1. The van der Waals surface area contributed by atoms with Gasteiger partial charge in [0.25, 0.3) is 0 Å². The topological polar surface area (TPSA) is 50.0 Å². The van der Waals surface area contributed by atoms with Crippen LogP contribution in [0.2, 0.25) is 0 Å². The number of hydrogen-bond donors (Lipinski definition) is 1. The van der Waals surface area contributed by atoms with E-state index in [-0.39, 0.29) is 5.60 Å². The maximum atomic E-state index is 5.95. The zero-order valence-corrected chi connectivity index (χ0v) is 13.3. The number of piperidine rings is 3. The van der Waals surface area contributed by atoms with Gasteiger partial charge in [-0.25, -0.2) is 0 Å². The third kappa shape index (κ3) is 2.14. The fraction of sp³-hybridized carbons (Fsp3) is 0.500. The molecule has 0 radical (unpaired) electrons. The first-order valence-electron chi connectivity index (χ1n) is 8.45. The molecule has 2 bridgehead atoms. The summed E-state index contributed by atoms with van der Waals surface area (Å²) in [4.78, 5) is 8.46. The van der Waals surface area contributed by atoms with Crippen molar-refractivity contribution in [2.45, 2.75) is 31.8 Å². The highest BCUT2D eigenvalue weighted by molar-refractivity contribution is 5.98. The fourth-order valence-corrected chi connectivity index (χ4v) is 4.40. The van der Waals surface area contributed by atoms with E-state index in [9.17, 15) is 0 Å². The van der Waals surface area contributed by atoms with E-state index in [2.05, 4.69) is 33.6 Å². The Balaban J connectivity index is 1.35. The van der Waals surface area contributed by atoms with E-state index in [0.717, 1.165) is 41.2 Å². The first-order valence-corrected chi connectivity index (χ1v) is 8.45. The molecule has 1 N–H and O–H groups in total. The second-order valence-electron chi connectivity index (χ2n) is 7.16. The molecule has 2 aromatic rings. The molecule has 3 saturated heterocycles. The number of aryl methyl sites for hydroxylation is 1. The highest BCUT2D eigenvalue weighted by atomic mass is 16.7. The predicted molar refractivity (Wildman–Crippen MR) is 89.6 cm³/mol. The van der Waals surface area contributed by atoms with Crippen LogP contribution in [-0.2, 0) is 4.84 Å². The number of rotatable bonds is 1. The summed E-state index contributed by atoms with van der Waals surface area (Å²) in [5, 5.41) is 8.91. The number of benzene rings is 1. The number of nitrogens with zero attached hydrogens (tertiary/aromatic N) is 2. The number of fused-ring (bicyclic) bond motifs is 3. The van der Waals surface area contributed by atoms with Crippen LogP contribution in [0.4, 0.5) is 5.69 Å². The van der Waals surface area contributed by atoms with Gasteiger partial charge in [-0.3, -0.25) is 4.90 Å². The summed E-state index contributed by atoms with van der Waals surface area (Å²) in [7, 11) is 0. The molecule has 6 rings (SSSR count). The molecule has 5 heteroatoms. The van der Waals surface area contributed by atoms with Crippen LogP contribution in [0.25, 0.3) is 11.0 Å². The van der Waals surface area contributed by atoms with Crippen molar-refractivity contribution in [1.82, 2.24) is 4.90 Å². The van der Waals surface area contributed by atoms with Gasteiger partial charge in [0.15, 0.2) is 11.4 Å². The number of furan rings is 1. The Labute approximate surface area is 135 Å². The van der Waals surface area contributed by atoms with Gasteiger partial charge in [0.2, 0.25) is 0 Å².